The zero-order chi connectivity index (χ0) is 15.1. The standard InChI is InChI=1S/C17H29N3O/c1-4-9-18-12-16-5-6-17(19-14(16)2)20(3)13-15-7-10-21-11-8-15/h5-6,15,18H,4,7-13H2,1-3H3. The molecule has 1 aromatic heterocycles. The van der Waals surface area contributed by atoms with E-state index in [0.29, 0.717) is 0 Å². The molecule has 0 aliphatic carbocycles. The number of aryl methyl sites for hydroxylation is 1. The van der Waals surface area contributed by atoms with Crippen LogP contribution < -0.4 is 10.2 Å². The van der Waals surface area contributed by atoms with Gasteiger partial charge in [0.05, 0.1) is 0 Å². The zero-order valence-corrected chi connectivity index (χ0v) is 13.7. The molecule has 0 saturated carbocycles. The van der Waals surface area contributed by atoms with Gasteiger partial charge in [0.25, 0.3) is 0 Å². The maximum Gasteiger partial charge on any atom is 0.128 e. The minimum Gasteiger partial charge on any atom is -0.381 e. The highest BCUT2D eigenvalue weighted by Gasteiger charge is 2.16. The van der Waals surface area contributed by atoms with Crippen LogP contribution in [0.15, 0.2) is 12.1 Å². The van der Waals surface area contributed by atoms with Crippen molar-refractivity contribution >= 4 is 5.82 Å². The van der Waals surface area contributed by atoms with Gasteiger partial charge in [-0.15, -0.1) is 0 Å². The van der Waals surface area contributed by atoms with Crippen molar-refractivity contribution in [2.45, 2.75) is 39.7 Å². The van der Waals surface area contributed by atoms with Gasteiger partial charge in [-0.05, 0) is 50.3 Å². The van der Waals surface area contributed by atoms with Crippen molar-refractivity contribution in [1.29, 1.82) is 0 Å². The molecule has 1 saturated heterocycles. The number of aromatic nitrogens is 1. The summed E-state index contributed by atoms with van der Waals surface area (Å²) < 4.78 is 5.43. The molecule has 4 nitrogen and oxygen atoms in total. The molecule has 0 amide bonds. The molecule has 0 spiro atoms. The summed E-state index contributed by atoms with van der Waals surface area (Å²) in [7, 11) is 2.15. The van der Waals surface area contributed by atoms with Crippen LogP contribution in [0.4, 0.5) is 5.82 Å². The fraction of sp³-hybridized carbons (Fsp3) is 0.706. The Bertz CT molecular complexity index is 430. The number of hydrogen-bond acceptors (Lipinski definition) is 4. The maximum absolute atomic E-state index is 5.43. The second-order valence-electron chi connectivity index (χ2n) is 6.03. The van der Waals surface area contributed by atoms with E-state index in [1.807, 2.05) is 0 Å². The highest BCUT2D eigenvalue weighted by molar-refractivity contribution is 5.41. The predicted octanol–water partition coefficient (Wildman–Crippen LogP) is 2.75. The van der Waals surface area contributed by atoms with Gasteiger partial charge in [-0.1, -0.05) is 13.0 Å². The molecular weight excluding hydrogens is 262 g/mol. The highest BCUT2D eigenvalue weighted by atomic mass is 16.5. The molecular formula is C17H29N3O. The van der Waals surface area contributed by atoms with Crippen LogP contribution in [-0.4, -0.2) is 38.3 Å². The Morgan fingerprint density at radius 2 is 2.10 bits per heavy atom. The Hall–Kier alpha value is -1.13. The van der Waals surface area contributed by atoms with Crippen LogP contribution in [0.1, 0.15) is 37.4 Å². The van der Waals surface area contributed by atoms with Gasteiger partial charge in [0.2, 0.25) is 0 Å². The van der Waals surface area contributed by atoms with Gasteiger partial charge in [-0.2, -0.15) is 0 Å². The number of rotatable bonds is 7. The molecule has 1 fully saturated rings. The Balaban J connectivity index is 1.91. The van der Waals surface area contributed by atoms with Crippen molar-refractivity contribution in [1.82, 2.24) is 10.3 Å². The third kappa shape index (κ3) is 4.97. The van der Waals surface area contributed by atoms with Crippen LogP contribution in [-0.2, 0) is 11.3 Å². The third-order valence-corrected chi connectivity index (χ3v) is 4.19. The number of pyridine rings is 1. The lowest BCUT2D eigenvalue weighted by molar-refractivity contribution is 0.0685. The van der Waals surface area contributed by atoms with Crippen LogP contribution in [0.2, 0.25) is 0 Å². The summed E-state index contributed by atoms with van der Waals surface area (Å²) in [6, 6.07) is 4.36. The summed E-state index contributed by atoms with van der Waals surface area (Å²) in [6.45, 7) is 9.16. The molecule has 1 aliphatic rings. The molecule has 0 unspecified atom stereocenters. The van der Waals surface area contributed by atoms with E-state index in [9.17, 15) is 0 Å². The SMILES string of the molecule is CCCNCc1ccc(N(C)CC2CCOCC2)nc1C. The summed E-state index contributed by atoms with van der Waals surface area (Å²) in [5, 5.41) is 3.44. The summed E-state index contributed by atoms with van der Waals surface area (Å²) in [4.78, 5) is 7.06. The fourth-order valence-electron chi connectivity index (χ4n) is 2.79. The van der Waals surface area contributed by atoms with E-state index in [0.717, 1.165) is 50.3 Å². The Kier molecular flexibility index (Phi) is 6.46. The van der Waals surface area contributed by atoms with Crippen LogP contribution in [0.3, 0.4) is 0 Å². The van der Waals surface area contributed by atoms with E-state index in [-0.39, 0.29) is 0 Å². The first kappa shape index (κ1) is 16.2. The van der Waals surface area contributed by atoms with Gasteiger partial charge >= 0.3 is 0 Å². The van der Waals surface area contributed by atoms with Crippen molar-refractivity contribution in [3.05, 3.63) is 23.4 Å². The van der Waals surface area contributed by atoms with Gasteiger partial charge in [-0.3, -0.25) is 0 Å². The van der Waals surface area contributed by atoms with Crippen molar-refractivity contribution in [3.8, 4) is 0 Å². The number of anilines is 1. The summed E-state index contributed by atoms with van der Waals surface area (Å²) in [5.74, 6) is 1.81. The Morgan fingerprint density at radius 1 is 1.33 bits per heavy atom. The average Bonchev–Trinajstić information content (AvgIpc) is 2.50. The number of nitrogens with one attached hydrogen (secondary N) is 1. The van der Waals surface area contributed by atoms with E-state index in [1.54, 1.807) is 0 Å². The molecule has 0 radical (unpaired) electrons. The maximum atomic E-state index is 5.43. The molecule has 1 N–H and O–H groups in total. The lowest BCUT2D eigenvalue weighted by atomic mass is 10.00. The van der Waals surface area contributed by atoms with Gasteiger partial charge in [0.1, 0.15) is 5.82 Å². The molecule has 0 bridgehead atoms. The largest absolute Gasteiger partial charge is 0.381 e. The second kappa shape index (κ2) is 8.35. The van der Waals surface area contributed by atoms with E-state index in [4.69, 9.17) is 9.72 Å². The average molecular weight is 291 g/mol. The lowest BCUT2D eigenvalue weighted by Crippen LogP contribution is -2.30. The van der Waals surface area contributed by atoms with Crippen LogP contribution in [0.5, 0.6) is 0 Å². The molecule has 1 aromatic rings. The molecule has 118 valence electrons. The highest BCUT2D eigenvalue weighted by Crippen LogP contribution is 2.19. The minimum absolute atomic E-state index is 0.733. The molecule has 0 aromatic carbocycles. The van der Waals surface area contributed by atoms with Crippen molar-refractivity contribution in [3.63, 3.8) is 0 Å². The van der Waals surface area contributed by atoms with Gasteiger partial charge in [0, 0.05) is 39.0 Å². The van der Waals surface area contributed by atoms with Crippen LogP contribution in [0, 0.1) is 12.8 Å². The van der Waals surface area contributed by atoms with Crippen molar-refractivity contribution < 1.29 is 4.74 Å². The summed E-state index contributed by atoms with van der Waals surface area (Å²) >= 11 is 0. The van der Waals surface area contributed by atoms with Crippen molar-refractivity contribution in [2.24, 2.45) is 5.92 Å². The molecule has 4 heteroatoms. The van der Waals surface area contributed by atoms with Crippen molar-refractivity contribution in [2.75, 3.05) is 38.3 Å². The second-order valence-corrected chi connectivity index (χ2v) is 6.03. The molecule has 2 heterocycles. The third-order valence-electron chi connectivity index (χ3n) is 4.19. The van der Waals surface area contributed by atoms with Gasteiger partial charge in [0.15, 0.2) is 0 Å². The van der Waals surface area contributed by atoms with Crippen LogP contribution in [0.25, 0.3) is 0 Å². The lowest BCUT2D eigenvalue weighted by Gasteiger charge is -2.28. The smallest absolute Gasteiger partial charge is 0.128 e. The molecule has 1 aliphatic heterocycles. The first-order valence-electron chi connectivity index (χ1n) is 8.16. The Labute approximate surface area is 128 Å². The summed E-state index contributed by atoms with van der Waals surface area (Å²) in [6.07, 6.45) is 3.50. The fourth-order valence-corrected chi connectivity index (χ4v) is 2.79. The molecule has 21 heavy (non-hydrogen) atoms. The van der Waals surface area contributed by atoms with E-state index < -0.39 is 0 Å². The normalized spacial score (nSPS) is 16.1. The van der Waals surface area contributed by atoms with E-state index in [1.165, 1.54) is 24.8 Å². The topological polar surface area (TPSA) is 37.4 Å². The number of hydrogen-bond donors (Lipinski definition) is 1. The first-order valence-corrected chi connectivity index (χ1v) is 8.16. The summed E-state index contributed by atoms with van der Waals surface area (Å²) in [5.41, 5.74) is 2.43. The van der Waals surface area contributed by atoms with Gasteiger partial charge in [-0.25, -0.2) is 4.98 Å². The molecule has 2 rings (SSSR count). The quantitative estimate of drug-likeness (QED) is 0.784. The van der Waals surface area contributed by atoms with E-state index in [2.05, 4.69) is 43.2 Å². The minimum atomic E-state index is 0.733. The van der Waals surface area contributed by atoms with Crippen LogP contribution >= 0.6 is 0 Å². The number of nitrogens with zero attached hydrogens (tertiary/aromatic N) is 2. The molecule has 0 atom stereocenters. The first-order chi connectivity index (χ1) is 10.2. The monoisotopic (exact) mass is 291 g/mol. The Morgan fingerprint density at radius 3 is 2.76 bits per heavy atom. The van der Waals surface area contributed by atoms with E-state index >= 15 is 0 Å². The van der Waals surface area contributed by atoms with Gasteiger partial charge < -0.3 is 15.0 Å². The number of ether oxygens (including phenoxy) is 1. The zero-order valence-electron chi connectivity index (χ0n) is 13.7. The predicted molar refractivity (Wildman–Crippen MR) is 87.8 cm³/mol.